The Labute approximate surface area is 131 Å². The number of hydrogen-bond acceptors (Lipinski definition) is 4. The molecule has 0 unspecified atom stereocenters. The van der Waals surface area contributed by atoms with Crippen LogP contribution in [-0.4, -0.2) is 37.9 Å². The number of nitrogens with one attached hydrogen (secondary N) is 1. The highest BCUT2D eigenvalue weighted by Crippen LogP contribution is 2.36. The molecule has 0 saturated heterocycles. The number of amides is 1. The topological polar surface area (TPSA) is 59.9 Å². The van der Waals surface area contributed by atoms with Crippen molar-refractivity contribution in [3.05, 3.63) is 23.3 Å². The van der Waals surface area contributed by atoms with Gasteiger partial charge in [-0.25, -0.2) is 0 Å². The molecule has 5 heteroatoms. The van der Waals surface area contributed by atoms with Gasteiger partial charge >= 0.3 is 0 Å². The summed E-state index contributed by atoms with van der Waals surface area (Å²) >= 11 is 0. The number of ether oxygens (including phenoxy) is 2. The number of rotatable bonds is 5. The Morgan fingerprint density at radius 1 is 1.27 bits per heavy atom. The van der Waals surface area contributed by atoms with Gasteiger partial charge in [0, 0.05) is 12.1 Å². The van der Waals surface area contributed by atoms with E-state index in [9.17, 15) is 4.79 Å². The zero-order chi connectivity index (χ0) is 16.3. The monoisotopic (exact) mass is 304 g/mol. The van der Waals surface area contributed by atoms with E-state index in [4.69, 9.17) is 14.5 Å². The largest absolute Gasteiger partial charge is 0.493 e. The minimum Gasteiger partial charge on any atom is -0.493 e. The third-order valence-corrected chi connectivity index (χ3v) is 3.68. The summed E-state index contributed by atoms with van der Waals surface area (Å²) in [5.41, 5.74) is 2.69. The van der Waals surface area contributed by atoms with Gasteiger partial charge in [-0.15, -0.1) is 0 Å². The van der Waals surface area contributed by atoms with Crippen molar-refractivity contribution in [3.63, 3.8) is 0 Å². The van der Waals surface area contributed by atoms with E-state index in [-0.39, 0.29) is 17.9 Å². The van der Waals surface area contributed by atoms with E-state index in [0.29, 0.717) is 18.0 Å². The molecule has 1 aliphatic rings. The molecule has 1 N–H and O–H groups in total. The first-order valence-corrected chi connectivity index (χ1v) is 7.51. The summed E-state index contributed by atoms with van der Waals surface area (Å²) in [4.78, 5) is 16.7. The molecule has 0 bridgehead atoms. The summed E-state index contributed by atoms with van der Waals surface area (Å²) < 4.78 is 10.8. The minimum absolute atomic E-state index is 0.0142. The van der Waals surface area contributed by atoms with E-state index in [1.165, 1.54) is 0 Å². The van der Waals surface area contributed by atoms with Gasteiger partial charge in [-0.3, -0.25) is 9.79 Å². The number of carbonyl (C=O) groups is 1. The first-order valence-electron chi connectivity index (χ1n) is 7.51. The third-order valence-electron chi connectivity index (χ3n) is 3.68. The molecule has 120 valence electrons. The molecule has 1 aromatic carbocycles. The van der Waals surface area contributed by atoms with Crippen LogP contribution in [0.25, 0.3) is 0 Å². The van der Waals surface area contributed by atoms with Crippen molar-refractivity contribution < 1.29 is 14.3 Å². The maximum Gasteiger partial charge on any atom is 0.226 e. The molecule has 22 heavy (non-hydrogen) atoms. The van der Waals surface area contributed by atoms with Crippen LogP contribution in [0.5, 0.6) is 11.5 Å². The second-order valence-corrected chi connectivity index (χ2v) is 6.04. The van der Waals surface area contributed by atoms with Gasteiger partial charge < -0.3 is 14.8 Å². The fraction of sp³-hybridized carbons (Fsp3) is 0.529. The Kier molecular flexibility index (Phi) is 4.74. The first kappa shape index (κ1) is 16.3. The van der Waals surface area contributed by atoms with Crippen LogP contribution in [0, 0.1) is 0 Å². The highest BCUT2D eigenvalue weighted by molar-refractivity contribution is 6.12. The Bertz CT molecular complexity index is 606. The molecule has 1 amide bonds. The van der Waals surface area contributed by atoms with Gasteiger partial charge in [0.15, 0.2) is 11.5 Å². The SMILES string of the molecule is CCNC(=O)CC1=NC(C)(C)Cc2cc(OC)c(OC)cc21. The van der Waals surface area contributed by atoms with Gasteiger partial charge in [0.05, 0.1) is 31.9 Å². The number of nitrogens with zero attached hydrogens (tertiary/aromatic N) is 1. The van der Waals surface area contributed by atoms with Crippen molar-refractivity contribution in [2.24, 2.45) is 4.99 Å². The van der Waals surface area contributed by atoms with Crippen LogP contribution in [0.1, 0.15) is 38.3 Å². The number of fused-ring (bicyclic) bond motifs is 1. The lowest BCUT2D eigenvalue weighted by Gasteiger charge is -2.29. The van der Waals surface area contributed by atoms with Crippen molar-refractivity contribution >= 4 is 11.6 Å². The standard InChI is InChI=1S/C17H24N2O3/c1-6-18-16(20)9-13-12-8-15(22-5)14(21-4)7-11(12)10-17(2,3)19-13/h7-8H,6,9-10H2,1-5H3,(H,18,20). The predicted molar refractivity (Wildman–Crippen MR) is 87.2 cm³/mol. The maximum atomic E-state index is 12.0. The molecule has 1 heterocycles. The molecule has 0 atom stereocenters. The number of benzene rings is 1. The van der Waals surface area contributed by atoms with Crippen molar-refractivity contribution in [2.75, 3.05) is 20.8 Å². The number of hydrogen-bond donors (Lipinski definition) is 1. The van der Waals surface area contributed by atoms with Crippen LogP contribution in [0.2, 0.25) is 0 Å². The Balaban J connectivity index is 2.46. The molecule has 1 aromatic rings. The second-order valence-electron chi connectivity index (χ2n) is 6.04. The smallest absolute Gasteiger partial charge is 0.226 e. The molecule has 0 saturated carbocycles. The molecule has 1 aliphatic heterocycles. The van der Waals surface area contributed by atoms with E-state index >= 15 is 0 Å². The summed E-state index contributed by atoms with van der Waals surface area (Å²) in [6.07, 6.45) is 1.08. The van der Waals surface area contributed by atoms with Crippen LogP contribution >= 0.6 is 0 Å². The molecule has 0 fully saturated rings. The molecule has 5 nitrogen and oxygen atoms in total. The predicted octanol–water partition coefficient (Wildman–Crippen LogP) is 2.35. The van der Waals surface area contributed by atoms with E-state index in [1.54, 1.807) is 14.2 Å². The molecular formula is C17H24N2O3. The summed E-state index contributed by atoms with van der Waals surface area (Å²) in [6, 6.07) is 3.91. The third kappa shape index (κ3) is 3.40. The quantitative estimate of drug-likeness (QED) is 0.908. The van der Waals surface area contributed by atoms with Crippen LogP contribution in [0.4, 0.5) is 0 Å². The second kappa shape index (κ2) is 6.38. The molecular weight excluding hydrogens is 280 g/mol. The van der Waals surface area contributed by atoms with Crippen molar-refractivity contribution in [3.8, 4) is 11.5 Å². The zero-order valence-corrected chi connectivity index (χ0v) is 13.9. The number of aliphatic imine (C=N–C) groups is 1. The number of methoxy groups -OCH3 is 2. The van der Waals surface area contributed by atoms with Crippen molar-refractivity contribution in [1.82, 2.24) is 5.32 Å². The fourth-order valence-electron chi connectivity index (χ4n) is 2.81. The van der Waals surface area contributed by atoms with Crippen LogP contribution in [0.3, 0.4) is 0 Å². The normalized spacial score (nSPS) is 15.6. The lowest BCUT2D eigenvalue weighted by Crippen LogP contribution is -2.32. The van der Waals surface area contributed by atoms with Crippen molar-refractivity contribution in [1.29, 1.82) is 0 Å². The molecule has 0 aromatic heterocycles. The van der Waals surface area contributed by atoms with Gasteiger partial charge in [0.2, 0.25) is 5.91 Å². The average Bonchev–Trinajstić information content (AvgIpc) is 2.45. The van der Waals surface area contributed by atoms with E-state index in [2.05, 4.69) is 19.2 Å². The van der Waals surface area contributed by atoms with Crippen LogP contribution < -0.4 is 14.8 Å². The van der Waals surface area contributed by atoms with E-state index in [0.717, 1.165) is 23.3 Å². The lowest BCUT2D eigenvalue weighted by molar-refractivity contribution is -0.119. The van der Waals surface area contributed by atoms with E-state index < -0.39 is 0 Å². The minimum atomic E-state index is -0.228. The van der Waals surface area contributed by atoms with Gasteiger partial charge in [0.1, 0.15) is 0 Å². The fourth-order valence-corrected chi connectivity index (χ4v) is 2.81. The van der Waals surface area contributed by atoms with Gasteiger partial charge in [-0.2, -0.15) is 0 Å². The zero-order valence-electron chi connectivity index (χ0n) is 13.9. The van der Waals surface area contributed by atoms with Crippen molar-refractivity contribution in [2.45, 2.75) is 39.2 Å². The molecule has 0 spiro atoms. The molecule has 0 radical (unpaired) electrons. The molecule has 0 aliphatic carbocycles. The summed E-state index contributed by atoms with van der Waals surface area (Å²) in [6.45, 7) is 6.68. The van der Waals surface area contributed by atoms with Gasteiger partial charge in [-0.1, -0.05) is 0 Å². The maximum absolute atomic E-state index is 12.0. The first-order chi connectivity index (χ1) is 10.4. The summed E-state index contributed by atoms with van der Waals surface area (Å²) in [7, 11) is 3.24. The summed E-state index contributed by atoms with van der Waals surface area (Å²) in [5, 5.41) is 2.83. The highest BCUT2D eigenvalue weighted by atomic mass is 16.5. The van der Waals surface area contributed by atoms with E-state index in [1.807, 2.05) is 19.1 Å². The van der Waals surface area contributed by atoms with Gasteiger partial charge in [0.25, 0.3) is 0 Å². The Morgan fingerprint density at radius 2 is 1.91 bits per heavy atom. The van der Waals surface area contributed by atoms with Gasteiger partial charge in [-0.05, 0) is 44.9 Å². The number of carbonyl (C=O) groups excluding carboxylic acids is 1. The van der Waals surface area contributed by atoms with Crippen LogP contribution in [-0.2, 0) is 11.2 Å². The highest BCUT2D eigenvalue weighted by Gasteiger charge is 2.29. The van der Waals surface area contributed by atoms with Crippen LogP contribution in [0.15, 0.2) is 17.1 Å². The lowest BCUT2D eigenvalue weighted by atomic mass is 9.85. The Hall–Kier alpha value is -2.04. The summed E-state index contributed by atoms with van der Waals surface area (Å²) in [5.74, 6) is 1.35. The molecule has 2 rings (SSSR count). The average molecular weight is 304 g/mol. The Morgan fingerprint density at radius 3 is 2.50 bits per heavy atom.